The molecule has 102 valence electrons. The smallest absolute Gasteiger partial charge is 0.198 e. The van der Waals surface area contributed by atoms with E-state index in [0.717, 1.165) is 6.54 Å². The Morgan fingerprint density at radius 3 is 2.32 bits per heavy atom. The van der Waals surface area contributed by atoms with Gasteiger partial charge >= 0.3 is 0 Å². The van der Waals surface area contributed by atoms with Crippen molar-refractivity contribution in [2.75, 3.05) is 0 Å². The van der Waals surface area contributed by atoms with Gasteiger partial charge < -0.3 is 0 Å². The van der Waals surface area contributed by atoms with E-state index in [0.29, 0.717) is 0 Å². The summed E-state index contributed by atoms with van der Waals surface area (Å²) in [5.41, 5.74) is 1.36. The Balaban J connectivity index is 1.78. The molecular weight excluding hydrogens is 230 g/mol. The van der Waals surface area contributed by atoms with Crippen molar-refractivity contribution < 1.29 is 4.57 Å². The van der Waals surface area contributed by atoms with Gasteiger partial charge in [-0.3, -0.25) is 0 Å². The van der Waals surface area contributed by atoms with Crippen LogP contribution >= 0.6 is 0 Å². The van der Waals surface area contributed by atoms with E-state index in [2.05, 4.69) is 54.1 Å². The van der Waals surface area contributed by atoms with Crippen molar-refractivity contribution in [3.63, 3.8) is 0 Å². The van der Waals surface area contributed by atoms with Gasteiger partial charge in [0.05, 0.1) is 0 Å². The molecule has 0 amide bonds. The number of fused-ring (bicyclic) bond motifs is 1. The van der Waals surface area contributed by atoms with Crippen molar-refractivity contribution in [2.45, 2.75) is 58.4 Å². The van der Waals surface area contributed by atoms with Crippen molar-refractivity contribution >= 4 is 10.9 Å². The van der Waals surface area contributed by atoms with Crippen molar-refractivity contribution in [3.05, 3.63) is 42.6 Å². The van der Waals surface area contributed by atoms with Crippen LogP contribution < -0.4 is 4.57 Å². The molecule has 0 fully saturated rings. The molecule has 1 heteroatoms. The average molecular weight is 256 g/mol. The molecule has 1 heterocycles. The summed E-state index contributed by atoms with van der Waals surface area (Å²) < 4.78 is 2.39. The van der Waals surface area contributed by atoms with Gasteiger partial charge in [-0.1, -0.05) is 51.2 Å². The van der Waals surface area contributed by atoms with E-state index in [-0.39, 0.29) is 0 Å². The van der Waals surface area contributed by atoms with Crippen molar-refractivity contribution in [3.8, 4) is 0 Å². The topological polar surface area (TPSA) is 3.88 Å². The molecule has 0 radical (unpaired) electrons. The fourth-order valence-electron chi connectivity index (χ4n) is 2.66. The number of unbranched alkanes of at least 4 members (excludes halogenated alkanes) is 6. The summed E-state index contributed by atoms with van der Waals surface area (Å²) >= 11 is 0. The van der Waals surface area contributed by atoms with Gasteiger partial charge in [0, 0.05) is 23.9 Å². The summed E-state index contributed by atoms with van der Waals surface area (Å²) in [5, 5.41) is 1.34. The molecule has 0 spiro atoms. The van der Waals surface area contributed by atoms with Crippen LogP contribution in [0.1, 0.15) is 51.9 Å². The predicted octanol–water partition coefficient (Wildman–Crippen LogP) is 4.88. The minimum atomic E-state index is 1.15. The standard InChI is InChI=1S/C18H26N/c1-2-3-4-5-6-7-10-15-19-16-11-13-17-12-8-9-14-18(17)19/h8-9,11-14,16H,2-7,10,15H2,1H3/q+1. The molecular formula is C18H26N+. The third-order valence-corrected chi connectivity index (χ3v) is 3.79. The molecule has 0 aliphatic carbocycles. The van der Waals surface area contributed by atoms with Gasteiger partial charge in [0.25, 0.3) is 0 Å². The molecule has 1 aromatic heterocycles. The third kappa shape index (κ3) is 4.34. The van der Waals surface area contributed by atoms with Crippen LogP contribution in [0.25, 0.3) is 10.9 Å². The molecule has 2 aromatic rings. The Hall–Kier alpha value is -1.37. The van der Waals surface area contributed by atoms with E-state index in [9.17, 15) is 0 Å². The van der Waals surface area contributed by atoms with E-state index < -0.39 is 0 Å². The minimum Gasteiger partial charge on any atom is -0.198 e. The number of rotatable bonds is 8. The van der Waals surface area contributed by atoms with Gasteiger partial charge in [0.1, 0.15) is 6.54 Å². The van der Waals surface area contributed by atoms with Crippen LogP contribution in [0.3, 0.4) is 0 Å². The lowest BCUT2D eigenvalue weighted by Gasteiger charge is -2.02. The SMILES string of the molecule is CCCCCCCCC[n+]1cccc2ccccc21. The first-order valence-electron chi connectivity index (χ1n) is 7.79. The van der Waals surface area contributed by atoms with Gasteiger partial charge in [0.2, 0.25) is 5.52 Å². The largest absolute Gasteiger partial charge is 0.212 e. The summed E-state index contributed by atoms with van der Waals surface area (Å²) in [5.74, 6) is 0. The van der Waals surface area contributed by atoms with Crippen LogP contribution in [0.15, 0.2) is 42.6 Å². The molecule has 1 nitrogen and oxygen atoms in total. The van der Waals surface area contributed by atoms with E-state index in [1.807, 2.05) is 0 Å². The van der Waals surface area contributed by atoms with E-state index >= 15 is 0 Å². The zero-order chi connectivity index (χ0) is 13.3. The lowest BCUT2D eigenvalue weighted by molar-refractivity contribution is -0.671. The molecule has 0 aliphatic heterocycles. The summed E-state index contributed by atoms with van der Waals surface area (Å²) in [7, 11) is 0. The lowest BCUT2D eigenvalue weighted by atomic mass is 10.1. The average Bonchev–Trinajstić information content (AvgIpc) is 2.46. The predicted molar refractivity (Wildman–Crippen MR) is 82.1 cm³/mol. The minimum absolute atomic E-state index is 1.15. The number of aryl methyl sites for hydroxylation is 1. The molecule has 0 N–H and O–H groups in total. The van der Waals surface area contributed by atoms with Gasteiger partial charge in [-0.25, -0.2) is 0 Å². The first-order valence-corrected chi connectivity index (χ1v) is 7.79. The highest BCUT2D eigenvalue weighted by Gasteiger charge is 2.06. The van der Waals surface area contributed by atoms with Crippen molar-refractivity contribution in [1.29, 1.82) is 0 Å². The molecule has 0 saturated heterocycles. The lowest BCUT2D eigenvalue weighted by Crippen LogP contribution is -2.33. The Kier molecular flexibility index (Phi) is 5.87. The number of pyridine rings is 1. The second-order valence-electron chi connectivity index (χ2n) is 5.38. The van der Waals surface area contributed by atoms with Crippen LogP contribution in [0.2, 0.25) is 0 Å². The monoisotopic (exact) mass is 256 g/mol. The Morgan fingerprint density at radius 2 is 1.47 bits per heavy atom. The zero-order valence-electron chi connectivity index (χ0n) is 12.1. The van der Waals surface area contributed by atoms with Gasteiger partial charge in [-0.2, -0.15) is 4.57 Å². The van der Waals surface area contributed by atoms with Crippen LogP contribution in [0, 0.1) is 0 Å². The number of benzene rings is 1. The molecule has 0 atom stereocenters. The number of hydrogen-bond acceptors (Lipinski definition) is 0. The molecule has 1 aromatic carbocycles. The maximum Gasteiger partial charge on any atom is 0.212 e. The molecule has 0 bridgehead atoms. The van der Waals surface area contributed by atoms with E-state index in [4.69, 9.17) is 0 Å². The Bertz CT molecular complexity index is 485. The highest BCUT2D eigenvalue weighted by Crippen LogP contribution is 2.10. The molecule has 0 saturated carbocycles. The second kappa shape index (κ2) is 7.93. The van der Waals surface area contributed by atoms with Crippen molar-refractivity contribution in [2.24, 2.45) is 0 Å². The molecule has 0 aliphatic rings. The summed E-state index contributed by atoms with van der Waals surface area (Å²) in [6.07, 6.45) is 11.8. The first kappa shape index (κ1) is 14.0. The van der Waals surface area contributed by atoms with Crippen LogP contribution in [-0.4, -0.2) is 0 Å². The fourth-order valence-corrected chi connectivity index (χ4v) is 2.66. The second-order valence-corrected chi connectivity index (χ2v) is 5.38. The first-order chi connectivity index (χ1) is 9.42. The maximum atomic E-state index is 2.39. The summed E-state index contributed by atoms with van der Waals surface area (Å²) in [6, 6.07) is 13.0. The number of aromatic nitrogens is 1. The molecule has 2 rings (SSSR count). The molecule has 0 unspecified atom stereocenters. The molecule has 19 heavy (non-hydrogen) atoms. The third-order valence-electron chi connectivity index (χ3n) is 3.79. The zero-order valence-corrected chi connectivity index (χ0v) is 12.1. The van der Waals surface area contributed by atoms with E-state index in [1.165, 1.54) is 55.8 Å². The Labute approximate surface area is 117 Å². The number of hydrogen-bond donors (Lipinski definition) is 0. The number of nitrogens with zero attached hydrogens (tertiary/aromatic N) is 1. The Morgan fingerprint density at radius 1 is 0.789 bits per heavy atom. The summed E-state index contributed by atoms with van der Waals surface area (Å²) in [4.78, 5) is 0. The van der Waals surface area contributed by atoms with Gasteiger partial charge in [-0.05, 0) is 18.6 Å². The van der Waals surface area contributed by atoms with Crippen LogP contribution in [0.5, 0.6) is 0 Å². The van der Waals surface area contributed by atoms with Crippen LogP contribution in [0.4, 0.5) is 0 Å². The van der Waals surface area contributed by atoms with Crippen LogP contribution in [-0.2, 0) is 6.54 Å². The van der Waals surface area contributed by atoms with E-state index in [1.54, 1.807) is 0 Å². The maximum absolute atomic E-state index is 2.39. The quantitative estimate of drug-likeness (QED) is 0.468. The fraction of sp³-hybridized carbons (Fsp3) is 0.500. The number of para-hydroxylation sites is 1. The highest BCUT2D eigenvalue weighted by molar-refractivity contribution is 5.74. The van der Waals surface area contributed by atoms with Gasteiger partial charge in [0.15, 0.2) is 6.20 Å². The van der Waals surface area contributed by atoms with Crippen molar-refractivity contribution in [1.82, 2.24) is 0 Å². The van der Waals surface area contributed by atoms with Gasteiger partial charge in [-0.15, -0.1) is 0 Å². The highest BCUT2D eigenvalue weighted by atomic mass is 14.9. The summed E-state index contributed by atoms with van der Waals surface area (Å²) in [6.45, 7) is 3.42. The normalized spacial score (nSPS) is 11.0.